The highest BCUT2D eigenvalue weighted by molar-refractivity contribution is 5.17. The number of aliphatic hydroxyl groups is 1. The van der Waals surface area contributed by atoms with Crippen molar-refractivity contribution < 1.29 is 9.84 Å². The van der Waals surface area contributed by atoms with Gasteiger partial charge >= 0.3 is 0 Å². The summed E-state index contributed by atoms with van der Waals surface area (Å²) in [5.74, 6) is 0. The number of aliphatic hydroxyl groups excluding tert-OH is 1. The fraction of sp³-hybridized carbons (Fsp3) is 0.263. The molecule has 110 valence electrons. The minimum Gasteiger partial charge on any atom is -0.388 e. The molecule has 21 heavy (non-hydrogen) atoms. The third-order valence-electron chi connectivity index (χ3n) is 3.43. The van der Waals surface area contributed by atoms with Crippen molar-refractivity contribution in [3.8, 4) is 0 Å². The SMILES string of the molecule is C=CC[C@@H](C[C@H](O)c1ccccc1)OCc1ccccc1. The Morgan fingerprint density at radius 1 is 1.00 bits per heavy atom. The molecule has 2 heteroatoms. The van der Waals surface area contributed by atoms with Gasteiger partial charge in [-0.25, -0.2) is 0 Å². The van der Waals surface area contributed by atoms with Crippen LogP contribution in [0.4, 0.5) is 0 Å². The second-order valence-corrected chi connectivity index (χ2v) is 5.11. The van der Waals surface area contributed by atoms with Crippen molar-refractivity contribution in [2.45, 2.75) is 31.7 Å². The van der Waals surface area contributed by atoms with E-state index in [2.05, 4.69) is 6.58 Å². The number of benzene rings is 2. The first-order valence-corrected chi connectivity index (χ1v) is 7.29. The van der Waals surface area contributed by atoms with Crippen LogP contribution in [-0.2, 0) is 11.3 Å². The molecular formula is C19H22O2. The van der Waals surface area contributed by atoms with Crippen LogP contribution in [0, 0.1) is 0 Å². The Balaban J connectivity index is 1.91. The van der Waals surface area contributed by atoms with Gasteiger partial charge in [0.15, 0.2) is 0 Å². The van der Waals surface area contributed by atoms with Crippen LogP contribution in [0.5, 0.6) is 0 Å². The fourth-order valence-electron chi connectivity index (χ4n) is 2.27. The largest absolute Gasteiger partial charge is 0.388 e. The van der Waals surface area contributed by atoms with Crippen molar-refractivity contribution in [1.82, 2.24) is 0 Å². The van der Waals surface area contributed by atoms with E-state index in [4.69, 9.17) is 4.74 Å². The summed E-state index contributed by atoms with van der Waals surface area (Å²) in [6.07, 6.45) is 2.61. The van der Waals surface area contributed by atoms with Crippen LogP contribution in [0.2, 0.25) is 0 Å². The van der Waals surface area contributed by atoms with E-state index in [0.29, 0.717) is 13.0 Å². The summed E-state index contributed by atoms with van der Waals surface area (Å²) < 4.78 is 5.93. The Labute approximate surface area is 126 Å². The zero-order chi connectivity index (χ0) is 14.9. The lowest BCUT2D eigenvalue weighted by Crippen LogP contribution is -2.16. The molecule has 0 heterocycles. The number of hydrogen-bond donors (Lipinski definition) is 1. The van der Waals surface area contributed by atoms with Crippen molar-refractivity contribution in [2.24, 2.45) is 0 Å². The molecule has 0 saturated carbocycles. The van der Waals surface area contributed by atoms with E-state index in [1.807, 2.05) is 66.7 Å². The Morgan fingerprint density at radius 2 is 1.62 bits per heavy atom. The van der Waals surface area contributed by atoms with Gasteiger partial charge in [0.05, 0.1) is 18.8 Å². The quantitative estimate of drug-likeness (QED) is 0.733. The van der Waals surface area contributed by atoms with Crippen LogP contribution in [0.25, 0.3) is 0 Å². The fourth-order valence-corrected chi connectivity index (χ4v) is 2.27. The first kappa shape index (κ1) is 15.5. The molecule has 2 atom stereocenters. The molecule has 0 bridgehead atoms. The normalized spacial score (nSPS) is 13.6. The molecule has 0 amide bonds. The Bertz CT molecular complexity index is 522. The van der Waals surface area contributed by atoms with Crippen molar-refractivity contribution in [2.75, 3.05) is 0 Å². The van der Waals surface area contributed by atoms with E-state index in [-0.39, 0.29) is 6.10 Å². The van der Waals surface area contributed by atoms with Crippen LogP contribution in [0.15, 0.2) is 73.3 Å². The van der Waals surface area contributed by atoms with E-state index in [9.17, 15) is 5.11 Å². The minimum atomic E-state index is -0.507. The van der Waals surface area contributed by atoms with Crippen LogP contribution in [-0.4, -0.2) is 11.2 Å². The molecule has 0 aliphatic rings. The summed E-state index contributed by atoms with van der Waals surface area (Å²) in [5.41, 5.74) is 2.07. The summed E-state index contributed by atoms with van der Waals surface area (Å²) in [5, 5.41) is 10.3. The summed E-state index contributed by atoms with van der Waals surface area (Å²) in [4.78, 5) is 0. The molecule has 0 fully saturated rings. The zero-order valence-corrected chi connectivity index (χ0v) is 12.2. The molecule has 0 aliphatic carbocycles. The van der Waals surface area contributed by atoms with E-state index in [0.717, 1.165) is 17.5 Å². The predicted molar refractivity (Wildman–Crippen MR) is 85.9 cm³/mol. The van der Waals surface area contributed by atoms with Crippen LogP contribution < -0.4 is 0 Å². The molecule has 2 aromatic carbocycles. The highest BCUT2D eigenvalue weighted by Gasteiger charge is 2.15. The van der Waals surface area contributed by atoms with Gasteiger partial charge in [0.25, 0.3) is 0 Å². The van der Waals surface area contributed by atoms with Crippen LogP contribution in [0.1, 0.15) is 30.1 Å². The van der Waals surface area contributed by atoms with Gasteiger partial charge < -0.3 is 9.84 Å². The van der Waals surface area contributed by atoms with E-state index in [1.165, 1.54) is 0 Å². The van der Waals surface area contributed by atoms with Crippen molar-refractivity contribution in [1.29, 1.82) is 0 Å². The Kier molecular flexibility index (Phi) is 6.20. The average molecular weight is 282 g/mol. The number of ether oxygens (including phenoxy) is 1. The van der Waals surface area contributed by atoms with Crippen LogP contribution >= 0.6 is 0 Å². The summed E-state index contributed by atoms with van der Waals surface area (Å²) in [6, 6.07) is 19.8. The molecule has 0 unspecified atom stereocenters. The second kappa shape index (κ2) is 8.40. The first-order chi connectivity index (χ1) is 10.3. The monoisotopic (exact) mass is 282 g/mol. The highest BCUT2D eigenvalue weighted by atomic mass is 16.5. The lowest BCUT2D eigenvalue weighted by Gasteiger charge is -2.20. The van der Waals surface area contributed by atoms with E-state index in [1.54, 1.807) is 0 Å². The number of rotatable bonds is 8. The Morgan fingerprint density at radius 3 is 2.24 bits per heavy atom. The topological polar surface area (TPSA) is 29.5 Å². The van der Waals surface area contributed by atoms with Gasteiger partial charge in [-0.05, 0) is 17.5 Å². The maximum Gasteiger partial charge on any atom is 0.0814 e. The Hall–Kier alpha value is -1.90. The smallest absolute Gasteiger partial charge is 0.0814 e. The van der Waals surface area contributed by atoms with Crippen molar-refractivity contribution >= 4 is 0 Å². The molecule has 2 nitrogen and oxygen atoms in total. The van der Waals surface area contributed by atoms with Crippen molar-refractivity contribution in [3.63, 3.8) is 0 Å². The van der Waals surface area contributed by atoms with Gasteiger partial charge in [-0.3, -0.25) is 0 Å². The average Bonchev–Trinajstić information content (AvgIpc) is 2.54. The van der Waals surface area contributed by atoms with E-state index < -0.39 is 6.10 Å². The van der Waals surface area contributed by atoms with Gasteiger partial charge in [0.2, 0.25) is 0 Å². The molecule has 2 aromatic rings. The summed E-state index contributed by atoms with van der Waals surface area (Å²) in [6.45, 7) is 4.33. The first-order valence-electron chi connectivity index (χ1n) is 7.29. The molecule has 0 aromatic heterocycles. The van der Waals surface area contributed by atoms with Gasteiger partial charge in [-0.1, -0.05) is 66.7 Å². The van der Waals surface area contributed by atoms with E-state index >= 15 is 0 Å². The van der Waals surface area contributed by atoms with Crippen molar-refractivity contribution in [3.05, 3.63) is 84.4 Å². The molecule has 0 radical (unpaired) electrons. The van der Waals surface area contributed by atoms with Gasteiger partial charge in [-0.2, -0.15) is 0 Å². The highest BCUT2D eigenvalue weighted by Crippen LogP contribution is 2.21. The zero-order valence-electron chi connectivity index (χ0n) is 12.2. The molecule has 1 N–H and O–H groups in total. The lowest BCUT2D eigenvalue weighted by atomic mass is 10.0. The molecule has 0 saturated heterocycles. The third-order valence-corrected chi connectivity index (χ3v) is 3.43. The minimum absolute atomic E-state index is 0.0297. The van der Waals surface area contributed by atoms with Gasteiger partial charge in [0, 0.05) is 6.42 Å². The third kappa shape index (κ3) is 5.18. The van der Waals surface area contributed by atoms with Crippen LogP contribution in [0.3, 0.4) is 0 Å². The number of hydrogen-bond acceptors (Lipinski definition) is 2. The molecule has 0 aliphatic heterocycles. The van der Waals surface area contributed by atoms with Gasteiger partial charge in [-0.15, -0.1) is 6.58 Å². The van der Waals surface area contributed by atoms with Gasteiger partial charge in [0.1, 0.15) is 0 Å². The molecule has 0 spiro atoms. The maximum absolute atomic E-state index is 10.3. The maximum atomic E-state index is 10.3. The standard InChI is InChI=1S/C19H22O2/c1-2-9-18(21-15-16-10-5-3-6-11-16)14-19(20)17-12-7-4-8-13-17/h2-8,10-13,18-20H,1,9,14-15H2/t18-,19-/m0/s1. The molecular weight excluding hydrogens is 260 g/mol. The second-order valence-electron chi connectivity index (χ2n) is 5.11. The summed E-state index contributed by atoms with van der Waals surface area (Å²) in [7, 11) is 0. The summed E-state index contributed by atoms with van der Waals surface area (Å²) >= 11 is 0. The predicted octanol–water partition coefficient (Wildman–Crippen LogP) is 4.27. The molecule has 2 rings (SSSR count). The lowest BCUT2D eigenvalue weighted by molar-refractivity contribution is 0.00525.